The monoisotopic (exact) mass is 499 g/mol. The van der Waals surface area contributed by atoms with Gasteiger partial charge in [-0.05, 0) is 48.9 Å². The van der Waals surface area contributed by atoms with Crippen molar-refractivity contribution in [1.82, 2.24) is 4.57 Å². The lowest BCUT2D eigenvalue weighted by atomic mass is 10.1. The van der Waals surface area contributed by atoms with E-state index in [-0.39, 0.29) is 29.4 Å². The third-order valence-corrected chi connectivity index (χ3v) is 5.64. The summed E-state index contributed by atoms with van der Waals surface area (Å²) in [4.78, 5) is 12.5. The molecule has 0 radical (unpaired) electrons. The number of anilines is 1. The lowest BCUT2D eigenvalue weighted by Gasteiger charge is -2.04. The molecule has 4 nitrogen and oxygen atoms in total. The lowest BCUT2D eigenvalue weighted by Crippen LogP contribution is -3.00. The standard InChI is InChI=1S/C20H16Cl3N3O.BrH/c21-14-4-6-15(7-5-14)24-19(27)12-25-11-18(26-9-1-2-20(25)26)13-3-8-16(22)17(23)10-13;/h3-8,10-11H,1-2,9,12H2;1H. The summed E-state index contributed by atoms with van der Waals surface area (Å²) in [7, 11) is 0. The van der Waals surface area contributed by atoms with Crippen molar-refractivity contribution in [2.45, 2.75) is 25.9 Å². The van der Waals surface area contributed by atoms with E-state index in [9.17, 15) is 4.79 Å². The van der Waals surface area contributed by atoms with Gasteiger partial charge in [0.2, 0.25) is 0 Å². The summed E-state index contributed by atoms with van der Waals surface area (Å²) in [6.07, 6.45) is 4.01. The first kappa shape index (κ1) is 21.2. The summed E-state index contributed by atoms with van der Waals surface area (Å²) < 4.78 is 4.26. The molecule has 2 heterocycles. The molecule has 0 unspecified atom stereocenters. The number of carbonyl (C=O) groups excluding carboxylic acids is 1. The highest BCUT2D eigenvalue weighted by Crippen LogP contribution is 2.30. The number of aromatic nitrogens is 2. The van der Waals surface area contributed by atoms with Crippen LogP contribution in [0, 0.1) is 0 Å². The number of fused-ring (bicyclic) bond motifs is 1. The fourth-order valence-electron chi connectivity index (χ4n) is 3.42. The number of nitrogens with zero attached hydrogens (tertiary/aromatic N) is 2. The highest BCUT2D eigenvalue weighted by molar-refractivity contribution is 6.42. The average molecular weight is 502 g/mol. The number of benzene rings is 2. The smallest absolute Gasteiger partial charge is 0.266 e. The number of imidazole rings is 1. The molecule has 3 aromatic rings. The first-order chi connectivity index (χ1) is 13.0. The number of nitrogens with one attached hydrogen (secondary N) is 1. The Morgan fingerprint density at radius 3 is 2.54 bits per heavy atom. The van der Waals surface area contributed by atoms with E-state index < -0.39 is 0 Å². The third kappa shape index (κ3) is 4.38. The molecule has 0 fully saturated rings. The predicted molar refractivity (Wildman–Crippen MR) is 108 cm³/mol. The summed E-state index contributed by atoms with van der Waals surface area (Å²) in [5, 5.41) is 4.60. The molecule has 8 heteroatoms. The van der Waals surface area contributed by atoms with Crippen molar-refractivity contribution >= 4 is 46.4 Å². The van der Waals surface area contributed by atoms with Gasteiger partial charge in [-0.2, -0.15) is 0 Å². The molecule has 0 aliphatic carbocycles. The SMILES string of the molecule is O=C(C[n+]1cc(-c2ccc(Cl)c(Cl)c2)n2c1CCC2)Nc1ccc(Cl)cc1.[Br-]. The molecule has 28 heavy (non-hydrogen) atoms. The van der Waals surface area contributed by atoms with Gasteiger partial charge in [-0.3, -0.25) is 4.79 Å². The molecule has 1 amide bonds. The van der Waals surface area contributed by atoms with Crippen LogP contribution >= 0.6 is 34.8 Å². The van der Waals surface area contributed by atoms with E-state index in [2.05, 4.69) is 9.88 Å². The Morgan fingerprint density at radius 2 is 1.82 bits per heavy atom. The molecular formula is C20H17BrCl3N3O. The quantitative estimate of drug-likeness (QED) is 0.546. The van der Waals surface area contributed by atoms with Gasteiger partial charge in [-0.25, -0.2) is 9.13 Å². The molecule has 0 saturated heterocycles. The van der Waals surface area contributed by atoms with Gasteiger partial charge in [-0.15, -0.1) is 0 Å². The Hall–Kier alpha value is -1.53. The molecule has 1 aliphatic heterocycles. The molecular weight excluding hydrogens is 485 g/mol. The van der Waals surface area contributed by atoms with E-state index in [4.69, 9.17) is 34.8 Å². The summed E-state index contributed by atoms with van der Waals surface area (Å²) in [5.74, 6) is 1.06. The minimum Gasteiger partial charge on any atom is -1.00 e. The first-order valence-electron chi connectivity index (χ1n) is 8.64. The van der Waals surface area contributed by atoms with Crippen molar-refractivity contribution in [3.05, 3.63) is 69.6 Å². The van der Waals surface area contributed by atoms with Gasteiger partial charge in [0.15, 0.2) is 12.2 Å². The average Bonchev–Trinajstić information content (AvgIpc) is 3.23. The summed E-state index contributed by atoms with van der Waals surface area (Å²) in [6, 6.07) is 12.7. The van der Waals surface area contributed by atoms with Crippen molar-refractivity contribution in [3.63, 3.8) is 0 Å². The van der Waals surface area contributed by atoms with Crippen molar-refractivity contribution in [2.24, 2.45) is 0 Å². The Bertz CT molecular complexity index is 1020. The van der Waals surface area contributed by atoms with Gasteiger partial charge in [-0.1, -0.05) is 34.8 Å². The summed E-state index contributed by atoms with van der Waals surface area (Å²) >= 11 is 18.1. The molecule has 1 aromatic heterocycles. The molecule has 0 spiro atoms. The fraction of sp³-hybridized carbons (Fsp3) is 0.200. The second-order valence-corrected chi connectivity index (χ2v) is 7.75. The molecule has 0 saturated carbocycles. The minimum atomic E-state index is -0.0803. The molecule has 1 N–H and O–H groups in total. The molecule has 0 bridgehead atoms. The maximum atomic E-state index is 12.5. The zero-order chi connectivity index (χ0) is 19.0. The maximum absolute atomic E-state index is 12.5. The van der Waals surface area contributed by atoms with E-state index in [1.807, 2.05) is 22.9 Å². The van der Waals surface area contributed by atoms with Crippen molar-refractivity contribution < 1.29 is 26.3 Å². The lowest BCUT2D eigenvalue weighted by molar-refractivity contribution is -0.690. The Labute approximate surface area is 188 Å². The normalized spacial score (nSPS) is 12.4. The van der Waals surface area contributed by atoms with Crippen molar-refractivity contribution in [3.8, 4) is 11.3 Å². The van der Waals surface area contributed by atoms with Crippen LogP contribution in [0.25, 0.3) is 11.3 Å². The fourth-order valence-corrected chi connectivity index (χ4v) is 3.84. The topological polar surface area (TPSA) is 37.9 Å². The van der Waals surface area contributed by atoms with E-state index in [1.165, 1.54) is 0 Å². The zero-order valence-corrected chi connectivity index (χ0v) is 18.6. The van der Waals surface area contributed by atoms with Gasteiger partial charge in [0.05, 0.1) is 23.0 Å². The highest BCUT2D eigenvalue weighted by Gasteiger charge is 2.29. The van der Waals surface area contributed by atoms with Crippen LogP contribution in [0.2, 0.25) is 15.1 Å². The van der Waals surface area contributed by atoms with E-state index in [1.54, 1.807) is 30.3 Å². The van der Waals surface area contributed by atoms with Crippen LogP contribution in [-0.4, -0.2) is 10.5 Å². The van der Waals surface area contributed by atoms with Crippen LogP contribution in [0.1, 0.15) is 12.2 Å². The van der Waals surface area contributed by atoms with Crippen LogP contribution in [0.5, 0.6) is 0 Å². The zero-order valence-electron chi connectivity index (χ0n) is 14.8. The van der Waals surface area contributed by atoms with Crippen LogP contribution in [-0.2, 0) is 24.3 Å². The number of hydrogen-bond acceptors (Lipinski definition) is 1. The summed E-state index contributed by atoms with van der Waals surface area (Å²) in [6.45, 7) is 1.18. The first-order valence-corrected chi connectivity index (χ1v) is 9.77. The van der Waals surface area contributed by atoms with E-state index in [0.29, 0.717) is 15.1 Å². The maximum Gasteiger partial charge on any atom is 0.266 e. The molecule has 4 rings (SSSR count). The van der Waals surface area contributed by atoms with Gasteiger partial charge in [0, 0.05) is 16.3 Å². The summed E-state index contributed by atoms with van der Waals surface area (Å²) in [5.41, 5.74) is 2.76. The number of hydrogen-bond donors (Lipinski definition) is 1. The minimum absolute atomic E-state index is 0. The number of amides is 1. The predicted octanol–water partition coefficient (Wildman–Crippen LogP) is 1.99. The van der Waals surface area contributed by atoms with Gasteiger partial charge in [0.25, 0.3) is 11.7 Å². The Kier molecular flexibility index (Phi) is 6.71. The Balaban J connectivity index is 0.00000225. The molecule has 2 aromatic carbocycles. The van der Waals surface area contributed by atoms with Crippen LogP contribution in [0.4, 0.5) is 5.69 Å². The van der Waals surface area contributed by atoms with Crippen molar-refractivity contribution in [2.75, 3.05) is 5.32 Å². The largest absolute Gasteiger partial charge is 1.00 e. The number of halogens is 4. The molecule has 0 atom stereocenters. The highest BCUT2D eigenvalue weighted by atomic mass is 79.9. The van der Waals surface area contributed by atoms with Crippen LogP contribution in [0.15, 0.2) is 48.7 Å². The van der Waals surface area contributed by atoms with E-state index in [0.717, 1.165) is 42.2 Å². The number of rotatable bonds is 4. The van der Waals surface area contributed by atoms with Crippen LogP contribution < -0.4 is 26.9 Å². The molecule has 1 aliphatic rings. The number of carbonyl (C=O) groups is 1. The second kappa shape index (κ2) is 8.87. The molecule has 146 valence electrons. The van der Waals surface area contributed by atoms with Gasteiger partial charge < -0.3 is 22.3 Å². The third-order valence-electron chi connectivity index (χ3n) is 4.65. The van der Waals surface area contributed by atoms with E-state index >= 15 is 0 Å². The van der Waals surface area contributed by atoms with Crippen molar-refractivity contribution in [1.29, 1.82) is 0 Å². The van der Waals surface area contributed by atoms with Gasteiger partial charge in [0.1, 0.15) is 6.20 Å². The Morgan fingerprint density at radius 1 is 1.07 bits per heavy atom. The second-order valence-electron chi connectivity index (χ2n) is 6.50. The van der Waals surface area contributed by atoms with Gasteiger partial charge >= 0.3 is 0 Å². The van der Waals surface area contributed by atoms with Crippen LogP contribution in [0.3, 0.4) is 0 Å².